The molecule has 5 heteroatoms. The summed E-state index contributed by atoms with van der Waals surface area (Å²) in [5, 5.41) is 5.02. The van der Waals surface area contributed by atoms with Crippen LogP contribution in [0.5, 0.6) is 0 Å². The molecule has 1 atom stereocenters. The molecule has 0 aliphatic carbocycles. The molecule has 1 heterocycles. The Labute approximate surface area is 197 Å². The highest BCUT2D eigenvalue weighted by atomic mass is 35.5. The van der Waals surface area contributed by atoms with Crippen molar-refractivity contribution in [3.8, 4) is 11.1 Å². The van der Waals surface area contributed by atoms with Crippen LogP contribution in [0.15, 0.2) is 122 Å². The number of ketones is 1. The van der Waals surface area contributed by atoms with Gasteiger partial charge in [-0.15, -0.1) is 0 Å². The maximum Gasteiger partial charge on any atom is 0.199 e. The van der Waals surface area contributed by atoms with Gasteiger partial charge in [0, 0.05) is 10.6 Å². The van der Waals surface area contributed by atoms with E-state index in [2.05, 4.69) is 22.2 Å². The lowest BCUT2D eigenvalue weighted by Gasteiger charge is -2.34. The van der Waals surface area contributed by atoms with Gasteiger partial charge in [-0.05, 0) is 46.5 Å². The number of hydrogen-bond acceptors (Lipinski definition) is 3. The summed E-state index contributed by atoms with van der Waals surface area (Å²) in [7, 11) is 0. The van der Waals surface area contributed by atoms with Crippen LogP contribution in [0, 0.1) is 0 Å². The molecule has 0 aliphatic heterocycles. The van der Waals surface area contributed by atoms with Crippen LogP contribution in [0.4, 0.5) is 0 Å². The van der Waals surface area contributed by atoms with Gasteiger partial charge in [0.1, 0.15) is 12.7 Å². The fraction of sp³-hybridized carbons (Fsp3) is 0.0357. The third kappa shape index (κ3) is 3.75. The van der Waals surface area contributed by atoms with Gasteiger partial charge in [-0.1, -0.05) is 96.5 Å². The van der Waals surface area contributed by atoms with E-state index in [1.165, 1.54) is 6.33 Å². The molecule has 0 bridgehead atoms. The lowest BCUT2D eigenvalue weighted by Crippen LogP contribution is -2.44. The van der Waals surface area contributed by atoms with Crippen molar-refractivity contribution in [3.05, 3.63) is 144 Å². The molecule has 0 N–H and O–H groups in total. The number of carbonyl (C=O) groups is 1. The average Bonchev–Trinajstić information content (AvgIpc) is 3.42. The third-order valence-corrected chi connectivity index (χ3v) is 6.05. The Morgan fingerprint density at radius 3 is 1.88 bits per heavy atom. The smallest absolute Gasteiger partial charge is 0.199 e. The van der Waals surface area contributed by atoms with Crippen LogP contribution >= 0.6 is 11.6 Å². The molecule has 5 aromatic rings. The highest BCUT2D eigenvalue weighted by Crippen LogP contribution is 2.38. The molecule has 160 valence electrons. The van der Waals surface area contributed by atoms with E-state index in [4.69, 9.17) is 11.6 Å². The molecule has 1 aromatic heterocycles. The van der Waals surface area contributed by atoms with Gasteiger partial charge in [0.05, 0.1) is 0 Å². The molecule has 33 heavy (non-hydrogen) atoms. The van der Waals surface area contributed by atoms with E-state index in [1.54, 1.807) is 35.3 Å². The Morgan fingerprint density at radius 2 is 1.27 bits per heavy atom. The fourth-order valence-electron chi connectivity index (χ4n) is 4.20. The van der Waals surface area contributed by atoms with E-state index in [0.717, 1.165) is 22.3 Å². The van der Waals surface area contributed by atoms with Gasteiger partial charge < -0.3 is 0 Å². The first-order chi connectivity index (χ1) is 16.2. The van der Waals surface area contributed by atoms with Crippen LogP contribution in [0.3, 0.4) is 0 Å². The van der Waals surface area contributed by atoms with Gasteiger partial charge in [-0.3, -0.25) is 4.79 Å². The van der Waals surface area contributed by atoms with E-state index in [-0.39, 0.29) is 5.78 Å². The van der Waals surface area contributed by atoms with Gasteiger partial charge >= 0.3 is 0 Å². The van der Waals surface area contributed by atoms with Crippen LogP contribution in [-0.2, 0) is 5.54 Å². The summed E-state index contributed by atoms with van der Waals surface area (Å²) in [5.41, 5.74) is 3.06. The van der Waals surface area contributed by atoms with Crippen molar-refractivity contribution in [1.82, 2.24) is 14.8 Å². The fourth-order valence-corrected chi connectivity index (χ4v) is 4.33. The van der Waals surface area contributed by atoms with E-state index in [0.29, 0.717) is 10.6 Å². The van der Waals surface area contributed by atoms with Gasteiger partial charge in [-0.2, -0.15) is 5.10 Å². The summed E-state index contributed by atoms with van der Waals surface area (Å²) in [5.74, 6) is -0.122. The maximum absolute atomic E-state index is 14.3. The molecule has 4 nitrogen and oxygen atoms in total. The van der Waals surface area contributed by atoms with Gasteiger partial charge in [0.15, 0.2) is 11.3 Å². The minimum atomic E-state index is -1.24. The van der Waals surface area contributed by atoms with Gasteiger partial charge in [0.2, 0.25) is 0 Å². The maximum atomic E-state index is 14.3. The number of halogens is 1. The number of carbonyl (C=O) groups excluding carboxylic acids is 1. The zero-order chi connectivity index (χ0) is 22.7. The van der Waals surface area contributed by atoms with Crippen molar-refractivity contribution in [2.45, 2.75) is 5.54 Å². The van der Waals surface area contributed by atoms with Crippen molar-refractivity contribution in [2.75, 3.05) is 0 Å². The first-order valence-electron chi connectivity index (χ1n) is 10.6. The topological polar surface area (TPSA) is 47.8 Å². The highest BCUT2D eigenvalue weighted by Gasteiger charge is 2.45. The number of Topliss-reactive ketones (excluding diaryl/α,β-unsaturated/α-hetero) is 1. The van der Waals surface area contributed by atoms with Crippen molar-refractivity contribution in [2.24, 2.45) is 0 Å². The summed E-state index contributed by atoms with van der Waals surface area (Å²) < 4.78 is 1.64. The molecule has 0 amide bonds. The first-order valence-corrected chi connectivity index (χ1v) is 10.9. The summed E-state index contributed by atoms with van der Waals surface area (Å²) >= 11 is 6.10. The molecule has 0 saturated heterocycles. The van der Waals surface area contributed by atoms with Crippen LogP contribution in [0.2, 0.25) is 5.02 Å². The van der Waals surface area contributed by atoms with Gasteiger partial charge in [-0.25, -0.2) is 9.67 Å². The lowest BCUT2D eigenvalue weighted by molar-refractivity contribution is 0.0878. The van der Waals surface area contributed by atoms with Crippen molar-refractivity contribution in [3.63, 3.8) is 0 Å². The zero-order valence-electron chi connectivity index (χ0n) is 17.7. The molecule has 0 aliphatic rings. The third-order valence-electron chi connectivity index (χ3n) is 5.80. The van der Waals surface area contributed by atoms with Crippen molar-refractivity contribution >= 4 is 17.4 Å². The molecule has 0 saturated carbocycles. The molecule has 4 aromatic carbocycles. The van der Waals surface area contributed by atoms with Crippen molar-refractivity contribution < 1.29 is 4.79 Å². The van der Waals surface area contributed by atoms with Crippen molar-refractivity contribution in [1.29, 1.82) is 0 Å². The predicted molar refractivity (Wildman–Crippen MR) is 130 cm³/mol. The molecule has 0 spiro atoms. The quantitative estimate of drug-likeness (QED) is 0.287. The first kappa shape index (κ1) is 20.9. The van der Waals surface area contributed by atoms with Crippen LogP contribution < -0.4 is 0 Å². The monoisotopic (exact) mass is 449 g/mol. The SMILES string of the molecule is O=C(c1ccc(Cl)cc1)C(c1ccccc1)(c1ccc(-c2ccccc2)cc1)n1cncn1. The zero-order valence-corrected chi connectivity index (χ0v) is 18.4. The molecule has 0 radical (unpaired) electrons. The second kappa shape index (κ2) is 8.85. The van der Waals surface area contributed by atoms with E-state index >= 15 is 0 Å². The number of aromatic nitrogens is 3. The summed E-state index contributed by atoms with van der Waals surface area (Å²) in [6.07, 6.45) is 3.04. The summed E-state index contributed by atoms with van der Waals surface area (Å²) in [6, 6.07) is 34.8. The molecule has 5 rings (SSSR count). The summed E-state index contributed by atoms with van der Waals surface area (Å²) in [4.78, 5) is 18.5. The predicted octanol–water partition coefficient (Wildman–Crippen LogP) is 6.27. The molecule has 0 fully saturated rings. The van der Waals surface area contributed by atoms with Crippen LogP contribution in [0.25, 0.3) is 11.1 Å². The molecular formula is C28H20ClN3O. The van der Waals surface area contributed by atoms with Crippen LogP contribution in [0.1, 0.15) is 21.5 Å². The highest BCUT2D eigenvalue weighted by molar-refractivity contribution is 6.30. The normalized spacial score (nSPS) is 12.8. The largest absolute Gasteiger partial charge is 0.291 e. The lowest BCUT2D eigenvalue weighted by atomic mass is 9.76. The Bertz CT molecular complexity index is 1350. The average molecular weight is 450 g/mol. The number of rotatable bonds is 6. The van der Waals surface area contributed by atoms with E-state index in [9.17, 15) is 4.79 Å². The summed E-state index contributed by atoms with van der Waals surface area (Å²) in [6.45, 7) is 0. The standard InChI is InChI=1S/C28H20ClN3O/c29-26-17-13-23(14-18-26)27(33)28(32-20-30-19-31-32,24-9-5-2-6-10-24)25-15-11-22(12-16-25)21-7-3-1-4-8-21/h1-20H. The minimum absolute atomic E-state index is 0.122. The number of nitrogens with zero attached hydrogens (tertiary/aromatic N) is 3. The second-order valence-electron chi connectivity index (χ2n) is 7.70. The number of hydrogen-bond donors (Lipinski definition) is 0. The molecular weight excluding hydrogens is 430 g/mol. The Balaban J connectivity index is 1.75. The van der Waals surface area contributed by atoms with Gasteiger partial charge in [0.25, 0.3) is 0 Å². The number of benzene rings is 4. The Morgan fingerprint density at radius 1 is 0.697 bits per heavy atom. The second-order valence-corrected chi connectivity index (χ2v) is 8.13. The van der Waals surface area contributed by atoms with Crippen LogP contribution in [-0.4, -0.2) is 20.5 Å². The Kier molecular flexibility index (Phi) is 5.59. The van der Waals surface area contributed by atoms with E-state index < -0.39 is 5.54 Å². The van der Waals surface area contributed by atoms with E-state index in [1.807, 2.05) is 72.8 Å². The Hall–Kier alpha value is -4.02. The minimum Gasteiger partial charge on any atom is -0.291 e. The molecule has 1 unspecified atom stereocenters.